The number of carbonyl (C=O) groups is 1. The number of pyridine rings is 1. The zero-order valence-electron chi connectivity index (χ0n) is 17.0. The van der Waals surface area contributed by atoms with Crippen LogP contribution >= 0.6 is 0 Å². The van der Waals surface area contributed by atoms with Gasteiger partial charge in [-0.3, -0.25) is 14.6 Å². The summed E-state index contributed by atoms with van der Waals surface area (Å²) >= 11 is 0. The molecule has 0 radical (unpaired) electrons. The van der Waals surface area contributed by atoms with Crippen LogP contribution in [0.5, 0.6) is 0 Å². The van der Waals surface area contributed by atoms with Gasteiger partial charge < -0.3 is 9.80 Å². The molecule has 2 aliphatic heterocycles. The molecule has 0 saturated carbocycles. The van der Waals surface area contributed by atoms with E-state index < -0.39 is 0 Å². The van der Waals surface area contributed by atoms with Crippen molar-refractivity contribution in [1.29, 1.82) is 0 Å². The van der Waals surface area contributed by atoms with Crippen LogP contribution < -0.4 is 5.56 Å². The highest BCUT2D eigenvalue weighted by molar-refractivity contribution is 5.73. The van der Waals surface area contributed by atoms with E-state index >= 15 is 0 Å². The summed E-state index contributed by atoms with van der Waals surface area (Å²) in [5, 5.41) is 4.59. The van der Waals surface area contributed by atoms with Crippen LogP contribution in [0.15, 0.2) is 41.5 Å². The number of nitrogens with zero attached hydrogens (tertiary/aromatic N) is 5. The summed E-state index contributed by atoms with van der Waals surface area (Å²) in [6.45, 7) is 7.32. The molecular weight excluding hydrogens is 366 g/mol. The first kappa shape index (κ1) is 19.8. The van der Waals surface area contributed by atoms with Crippen molar-refractivity contribution in [3.63, 3.8) is 0 Å². The third kappa shape index (κ3) is 4.90. The van der Waals surface area contributed by atoms with Gasteiger partial charge in [0.2, 0.25) is 5.91 Å². The first-order chi connectivity index (χ1) is 14.1. The molecule has 4 heterocycles. The second-order valence-corrected chi connectivity index (χ2v) is 8.34. The molecular formula is C22H29N5O2. The van der Waals surface area contributed by atoms with E-state index in [9.17, 15) is 9.59 Å². The van der Waals surface area contributed by atoms with E-state index in [1.54, 1.807) is 36.1 Å². The minimum Gasteiger partial charge on any atom is -0.343 e. The van der Waals surface area contributed by atoms with E-state index in [2.05, 4.69) is 15.0 Å². The first-order valence-corrected chi connectivity index (χ1v) is 10.5. The smallest absolute Gasteiger partial charge is 0.266 e. The Labute approximate surface area is 171 Å². The maximum absolute atomic E-state index is 12.3. The summed E-state index contributed by atoms with van der Waals surface area (Å²) < 4.78 is 1.62. The Morgan fingerprint density at radius 3 is 2.41 bits per heavy atom. The molecule has 1 amide bonds. The summed E-state index contributed by atoms with van der Waals surface area (Å²) in [5.74, 6) is 1.26. The van der Waals surface area contributed by atoms with Crippen LogP contribution in [-0.2, 0) is 11.3 Å². The molecule has 2 aliphatic rings. The molecule has 29 heavy (non-hydrogen) atoms. The van der Waals surface area contributed by atoms with Gasteiger partial charge in [0.05, 0.1) is 5.69 Å². The Balaban J connectivity index is 1.31. The third-order valence-electron chi connectivity index (χ3n) is 6.23. The van der Waals surface area contributed by atoms with Crippen molar-refractivity contribution in [1.82, 2.24) is 24.6 Å². The van der Waals surface area contributed by atoms with Crippen LogP contribution in [0.3, 0.4) is 0 Å². The van der Waals surface area contributed by atoms with Crippen molar-refractivity contribution in [2.45, 2.75) is 32.7 Å². The summed E-state index contributed by atoms with van der Waals surface area (Å²) in [5.41, 5.74) is 1.74. The summed E-state index contributed by atoms with van der Waals surface area (Å²) in [7, 11) is 0. The van der Waals surface area contributed by atoms with Crippen molar-refractivity contribution >= 4 is 5.91 Å². The number of hydrogen-bond donors (Lipinski definition) is 0. The SMILES string of the molecule is CC(=O)N1CCC(CN2CCC(Cn3nc(-c4ccncc4)ccc3=O)CC2)C1. The zero-order chi connectivity index (χ0) is 20.2. The van der Waals surface area contributed by atoms with E-state index in [0.29, 0.717) is 18.4 Å². The Morgan fingerprint density at radius 1 is 1.00 bits per heavy atom. The van der Waals surface area contributed by atoms with Crippen molar-refractivity contribution in [2.75, 3.05) is 32.7 Å². The Kier molecular flexibility index (Phi) is 6.04. The topological polar surface area (TPSA) is 71.3 Å². The van der Waals surface area contributed by atoms with Crippen LogP contribution in [0.2, 0.25) is 0 Å². The van der Waals surface area contributed by atoms with Crippen LogP contribution in [0.1, 0.15) is 26.2 Å². The highest BCUT2D eigenvalue weighted by Crippen LogP contribution is 2.23. The Bertz CT molecular complexity index is 890. The van der Waals surface area contributed by atoms with Gasteiger partial charge in [-0.1, -0.05) is 0 Å². The predicted molar refractivity (Wildman–Crippen MR) is 111 cm³/mol. The van der Waals surface area contributed by atoms with E-state index in [1.165, 1.54) is 0 Å². The zero-order valence-corrected chi connectivity index (χ0v) is 17.0. The number of hydrogen-bond acceptors (Lipinski definition) is 5. The van der Waals surface area contributed by atoms with Crippen molar-refractivity contribution in [3.8, 4) is 11.3 Å². The molecule has 1 unspecified atom stereocenters. The fourth-order valence-corrected chi connectivity index (χ4v) is 4.49. The number of carbonyl (C=O) groups excluding carboxylic acids is 1. The largest absolute Gasteiger partial charge is 0.343 e. The number of rotatable bonds is 5. The van der Waals surface area contributed by atoms with Gasteiger partial charge in [-0.2, -0.15) is 5.10 Å². The summed E-state index contributed by atoms with van der Waals surface area (Å²) in [4.78, 5) is 32.3. The molecule has 0 N–H and O–H groups in total. The molecule has 2 aromatic heterocycles. The lowest BCUT2D eigenvalue weighted by Gasteiger charge is -2.33. The highest BCUT2D eigenvalue weighted by Gasteiger charge is 2.28. The maximum atomic E-state index is 12.3. The minimum absolute atomic E-state index is 0.0412. The average molecular weight is 396 g/mol. The maximum Gasteiger partial charge on any atom is 0.266 e. The monoisotopic (exact) mass is 395 g/mol. The fraction of sp³-hybridized carbons (Fsp3) is 0.545. The van der Waals surface area contributed by atoms with Crippen LogP contribution in [0.25, 0.3) is 11.3 Å². The van der Waals surface area contributed by atoms with Crippen molar-refractivity contribution in [2.24, 2.45) is 11.8 Å². The highest BCUT2D eigenvalue weighted by atomic mass is 16.2. The molecule has 0 aliphatic carbocycles. The predicted octanol–water partition coefficient (Wildman–Crippen LogP) is 1.89. The molecule has 0 spiro atoms. The summed E-state index contributed by atoms with van der Waals surface area (Å²) in [6.07, 6.45) is 6.75. The second kappa shape index (κ2) is 8.86. The molecule has 154 valence electrons. The fourth-order valence-electron chi connectivity index (χ4n) is 4.49. The van der Waals surface area contributed by atoms with Gasteiger partial charge in [-0.15, -0.1) is 0 Å². The van der Waals surface area contributed by atoms with E-state index in [4.69, 9.17) is 0 Å². The van der Waals surface area contributed by atoms with E-state index in [1.807, 2.05) is 17.0 Å². The molecule has 2 aromatic rings. The number of likely N-dealkylation sites (tertiary alicyclic amines) is 2. The third-order valence-corrected chi connectivity index (χ3v) is 6.23. The molecule has 7 nitrogen and oxygen atoms in total. The van der Waals surface area contributed by atoms with Crippen LogP contribution in [0.4, 0.5) is 0 Å². The van der Waals surface area contributed by atoms with Crippen molar-refractivity contribution in [3.05, 3.63) is 47.0 Å². The first-order valence-electron chi connectivity index (χ1n) is 10.5. The van der Waals surface area contributed by atoms with Gasteiger partial charge in [0.1, 0.15) is 0 Å². The molecule has 1 atom stereocenters. The Morgan fingerprint density at radius 2 is 1.72 bits per heavy atom. The molecule has 7 heteroatoms. The average Bonchev–Trinajstić information content (AvgIpc) is 3.21. The lowest BCUT2D eigenvalue weighted by atomic mass is 9.95. The Hall–Kier alpha value is -2.54. The van der Waals surface area contributed by atoms with Gasteiger partial charge in [0.25, 0.3) is 5.56 Å². The molecule has 0 aromatic carbocycles. The normalized spacial score (nSPS) is 20.9. The second-order valence-electron chi connectivity index (χ2n) is 8.34. The number of piperidine rings is 1. The number of aromatic nitrogens is 3. The van der Waals surface area contributed by atoms with Gasteiger partial charge in [-0.05, 0) is 62.4 Å². The van der Waals surface area contributed by atoms with Gasteiger partial charge >= 0.3 is 0 Å². The van der Waals surface area contributed by atoms with Gasteiger partial charge in [0, 0.05) is 57.1 Å². The lowest BCUT2D eigenvalue weighted by Crippen LogP contribution is -2.39. The lowest BCUT2D eigenvalue weighted by molar-refractivity contribution is -0.127. The minimum atomic E-state index is -0.0412. The molecule has 2 fully saturated rings. The van der Waals surface area contributed by atoms with Crippen LogP contribution in [0, 0.1) is 11.8 Å². The van der Waals surface area contributed by atoms with Gasteiger partial charge in [0.15, 0.2) is 0 Å². The van der Waals surface area contributed by atoms with Crippen LogP contribution in [-0.4, -0.2) is 63.2 Å². The molecule has 2 saturated heterocycles. The molecule has 0 bridgehead atoms. The van der Waals surface area contributed by atoms with Gasteiger partial charge in [-0.25, -0.2) is 4.68 Å². The number of amides is 1. The standard InChI is InChI=1S/C22H29N5O2/c1-17(28)26-13-8-19(15-26)14-25-11-6-18(7-12-25)16-27-22(29)3-2-21(24-27)20-4-9-23-10-5-20/h2-5,9-10,18-19H,6-8,11-16H2,1H3. The summed E-state index contributed by atoms with van der Waals surface area (Å²) in [6, 6.07) is 7.21. The molecule has 4 rings (SSSR count). The van der Waals surface area contributed by atoms with E-state index in [0.717, 1.165) is 63.2 Å². The van der Waals surface area contributed by atoms with E-state index in [-0.39, 0.29) is 11.5 Å². The van der Waals surface area contributed by atoms with Crippen molar-refractivity contribution < 1.29 is 4.79 Å². The quantitative estimate of drug-likeness (QED) is 0.773.